The first kappa shape index (κ1) is 16.2. The Kier molecular flexibility index (Phi) is 5.61. The zero-order valence-electron chi connectivity index (χ0n) is 11.3. The van der Waals surface area contributed by atoms with E-state index in [1.165, 1.54) is 27.9 Å². The highest BCUT2D eigenvalue weighted by Gasteiger charge is 2.37. The van der Waals surface area contributed by atoms with Gasteiger partial charge in [-0.05, 0) is 27.7 Å². The summed E-state index contributed by atoms with van der Waals surface area (Å²) in [5.74, 6) is -1.71. The zero-order valence-corrected chi connectivity index (χ0v) is 11.3. The summed E-state index contributed by atoms with van der Waals surface area (Å²) in [6.07, 6.45) is 0. The number of nitrogens with one attached hydrogen (secondary N) is 1. The average Bonchev–Trinajstić information content (AvgIpc) is 2.27. The van der Waals surface area contributed by atoms with E-state index in [9.17, 15) is 14.4 Å². The van der Waals surface area contributed by atoms with Crippen molar-refractivity contribution in [3.05, 3.63) is 0 Å². The number of urea groups is 1. The van der Waals surface area contributed by atoms with E-state index in [4.69, 9.17) is 5.11 Å². The van der Waals surface area contributed by atoms with Gasteiger partial charge in [-0.25, -0.2) is 14.4 Å². The third-order valence-corrected chi connectivity index (χ3v) is 2.65. The number of aliphatic carboxylic acids is 1. The molecule has 0 heterocycles. The minimum Gasteiger partial charge on any atom is -0.480 e. The minimum atomic E-state index is -1.35. The fourth-order valence-electron chi connectivity index (χ4n) is 1.41. The molecule has 0 aromatic heterocycles. The lowest BCUT2D eigenvalue weighted by molar-refractivity contribution is -0.147. The fraction of sp³-hybridized carbons (Fsp3) is 0.727. The third-order valence-electron chi connectivity index (χ3n) is 2.65. The van der Waals surface area contributed by atoms with E-state index in [1.54, 1.807) is 6.92 Å². The number of esters is 1. The molecule has 0 saturated carbocycles. The van der Waals surface area contributed by atoms with E-state index in [-0.39, 0.29) is 6.54 Å². The molecule has 104 valence electrons. The van der Waals surface area contributed by atoms with Gasteiger partial charge in [-0.1, -0.05) is 0 Å². The number of carbonyl (C=O) groups is 3. The monoisotopic (exact) mass is 260 g/mol. The number of ether oxygens (including phenoxy) is 1. The number of carboxylic acids is 1. The second-order valence-corrected chi connectivity index (χ2v) is 4.30. The number of carboxylic acid groups (broad SMARTS) is 1. The first-order valence-electron chi connectivity index (χ1n) is 5.57. The molecule has 0 aliphatic heterocycles. The van der Waals surface area contributed by atoms with Gasteiger partial charge in [0.15, 0.2) is 0 Å². The molecule has 0 fully saturated rings. The number of likely N-dealkylation sites (N-methyl/N-ethyl adjacent to an activating group) is 1. The Morgan fingerprint density at radius 2 is 1.89 bits per heavy atom. The molecule has 1 unspecified atom stereocenters. The summed E-state index contributed by atoms with van der Waals surface area (Å²) in [6.45, 7) is 6.17. The average molecular weight is 260 g/mol. The summed E-state index contributed by atoms with van der Waals surface area (Å²) in [7, 11) is 1.21. The predicted molar refractivity (Wildman–Crippen MR) is 64.1 cm³/mol. The molecule has 0 aromatic carbocycles. The summed E-state index contributed by atoms with van der Waals surface area (Å²) in [6, 6.07) is -1.45. The first-order chi connectivity index (χ1) is 8.18. The van der Waals surface area contributed by atoms with Crippen LogP contribution in [0.4, 0.5) is 4.79 Å². The van der Waals surface area contributed by atoms with Crippen LogP contribution < -0.4 is 5.32 Å². The van der Waals surface area contributed by atoms with Crippen LogP contribution >= 0.6 is 0 Å². The molecule has 0 aliphatic rings. The third kappa shape index (κ3) is 3.61. The zero-order chi connectivity index (χ0) is 14.5. The molecule has 1 atom stereocenters. The Hall–Kier alpha value is -1.79. The lowest BCUT2D eigenvalue weighted by Gasteiger charge is -2.34. The largest absolute Gasteiger partial charge is 0.480 e. The molecular weight excluding hydrogens is 240 g/mol. The fourth-order valence-corrected chi connectivity index (χ4v) is 1.41. The van der Waals surface area contributed by atoms with Gasteiger partial charge in [0.05, 0.1) is 7.11 Å². The van der Waals surface area contributed by atoms with Gasteiger partial charge >= 0.3 is 18.0 Å². The number of amides is 2. The molecule has 0 spiro atoms. The van der Waals surface area contributed by atoms with Crippen LogP contribution in [0.2, 0.25) is 0 Å². The van der Waals surface area contributed by atoms with E-state index >= 15 is 0 Å². The minimum absolute atomic E-state index is 0.207. The number of nitrogens with zero attached hydrogens (tertiary/aromatic N) is 1. The van der Waals surface area contributed by atoms with Gasteiger partial charge in [0.2, 0.25) is 0 Å². The Bertz CT molecular complexity index is 340. The molecule has 0 saturated heterocycles. The molecule has 7 heteroatoms. The summed E-state index contributed by atoms with van der Waals surface area (Å²) in [5.41, 5.74) is -1.35. The van der Waals surface area contributed by atoms with E-state index in [2.05, 4.69) is 10.1 Å². The Balaban J connectivity index is 4.84. The molecule has 0 radical (unpaired) electrons. The standard InChI is InChI=1S/C11H20N2O5/c1-6-13(11(3,4)9(15)16)10(17)12-7(2)8(14)18-5/h7H,6H2,1-5H3,(H,12,17)(H,15,16). The molecule has 7 nitrogen and oxygen atoms in total. The van der Waals surface area contributed by atoms with Crippen molar-refractivity contribution in [1.29, 1.82) is 0 Å². The van der Waals surface area contributed by atoms with E-state index in [1.807, 2.05) is 0 Å². The van der Waals surface area contributed by atoms with Crippen molar-refractivity contribution in [2.24, 2.45) is 0 Å². The predicted octanol–water partition coefficient (Wildman–Crippen LogP) is 0.443. The van der Waals surface area contributed by atoms with Crippen molar-refractivity contribution in [3.63, 3.8) is 0 Å². The second kappa shape index (κ2) is 6.23. The summed E-state index contributed by atoms with van der Waals surface area (Å²) in [5, 5.41) is 11.5. The molecule has 0 bridgehead atoms. The van der Waals surface area contributed by atoms with Crippen molar-refractivity contribution in [3.8, 4) is 0 Å². The second-order valence-electron chi connectivity index (χ2n) is 4.30. The number of hydrogen-bond donors (Lipinski definition) is 2. The van der Waals surface area contributed by atoms with Gasteiger partial charge in [0.25, 0.3) is 0 Å². The van der Waals surface area contributed by atoms with Gasteiger partial charge < -0.3 is 20.1 Å². The lowest BCUT2D eigenvalue weighted by atomic mass is 10.0. The van der Waals surface area contributed by atoms with Gasteiger partial charge in [0.1, 0.15) is 11.6 Å². The van der Waals surface area contributed by atoms with Crippen molar-refractivity contribution < 1.29 is 24.2 Å². The summed E-state index contributed by atoms with van der Waals surface area (Å²) in [4.78, 5) is 35.3. The number of rotatable bonds is 5. The van der Waals surface area contributed by atoms with Crippen LogP contribution in [-0.4, -0.2) is 53.2 Å². The van der Waals surface area contributed by atoms with Gasteiger partial charge in [-0.15, -0.1) is 0 Å². The number of hydrogen-bond acceptors (Lipinski definition) is 4. The maximum Gasteiger partial charge on any atom is 0.329 e. The highest BCUT2D eigenvalue weighted by atomic mass is 16.5. The van der Waals surface area contributed by atoms with Crippen molar-refractivity contribution in [2.75, 3.05) is 13.7 Å². The lowest BCUT2D eigenvalue weighted by Crippen LogP contribution is -2.58. The highest BCUT2D eigenvalue weighted by molar-refractivity contribution is 5.88. The van der Waals surface area contributed by atoms with Crippen LogP contribution in [0.25, 0.3) is 0 Å². The van der Waals surface area contributed by atoms with Crippen molar-refractivity contribution >= 4 is 18.0 Å². The summed E-state index contributed by atoms with van der Waals surface area (Å²) < 4.78 is 4.47. The maximum absolute atomic E-state index is 11.9. The topological polar surface area (TPSA) is 95.9 Å². The van der Waals surface area contributed by atoms with Crippen molar-refractivity contribution in [2.45, 2.75) is 39.3 Å². The van der Waals surface area contributed by atoms with E-state index < -0.39 is 29.6 Å². The van der Waals surface area contributed by atoms with Crippen LogP contribution in [0.5, 0.6) is 0 Å². The van der Waals surface area contributed by atoms with E-state index in [0.717, 1.165) is 4.90 Å². The molecule has 2 N–H and O–H groups in total. The van der Waals surface area contributed by atoms with Crippen LogP contribution in [-0.2, 0) is 14.3 Å². The van der Waals surface area contributed by atoms with Gasteiger partial charge in [-0.3, -0.25) is 0 Å². The molecule has 0 rings (SSSR count). The Morgan fingerprint density at radius 3 is 2.22 bits per heavy atom. The van der Waals surface area contributed by atoms with Crippen LogP contribution in [0, 0.1) is 0 Å². The van der Waals surface area contributed by atoms with Gasteiger partial charge in [0, 0.05) is 6.54 Å². The molecule has 0 aliphatic carbocycles. The SMILES string of the molecule is CCN(C(=O)NC(C)C(=O)OC)C(C)(C)C(=O)O. The van der Waals surface area contributed by atoms with Crippen LogP contribution in [0.3, 0.4) is 0 Å². The smallest absolute Gasteiger partial charge is 0.329 e. The van der Waals surface area contributed by atoms with Crippen LogP contribution in [0.1, 0.15) is 27.7 Å². The normalized spacial score (nSPS) is 12.5. The van der Waals surface area contributed by atoms with Gasteiger partial charge in [-0.2, -0.15) is 0 Å². The first-order valence-corrected chi connectivity index (χ1v) is 5.57. The highest BCUT2D eigenvalue weighted by Crippen LogP contribution is 2.14. The van der Waals surface area contributed by atoms with E-state index in [0.29, 0.717) is 0 Å². The number of methoxy groups -OCH3 is 1. The quantitative estimate of drug-likeness (QED) is 0.699. The number of carbonyl (C=O) groups excluding carboxylic acids is 2. The Morgan fingerprint density at radius 1 is 1.39 bits per heavy atom. The molecule has 2 amide bonds. The molecular formula is C11H20N2O5. The molecule has 18 heavy (non-hydrogen) atoms. The summed E-state index contributed by atoms with van der Waals surface area (Å²) >= 11 is 0. The maximum atomic E-state index is 11.9. The Labute approximate surface area is 106 Å². The van der Waals surface area contributed by atoms with Crippen molar-refractivity contribution in [1.82, 2.24) is 10.2 Å². The molecule has 0 aromatic rings. The van der Waals surface area contributed by atoms with Crippen LogP contribution in [0.15, 0.2) is 0 Å².